The fraction of sp³-hybridized carbons (Fsp3) is 0.500. The molecule has 0 saturated heterocycles. The molecule has 0 unspecified atom stereocenters. The molecular weight excluding hydrogens is 236 g/mol. The van der Waals surface area contributed by atoms with Crippen molar-refractivity contribution in [2.45, 2.75) is 32.4 Å². The van der Waals surface area contributed by atoms with Gasteiger partial charge in [0.25, 0.3) is 0 Å². The molecule has 1 amide bonds. The second kappa shape index (κ2) is 5.22. The second-order valence-electron chi connectivity index (χ2n) is 4.48. The Balaban J connectivity index is 1.77. The highest BCUT2D eigenvalue weighted by atomic mass is 16.4. The van der Waals surface area contributed by atoms with E-state index in [0.29, 0.717) is 23.9 Å². The molecule has 18 heavy (non-hydrogen) atoms. The molecule has 1 aliphatic rings. The summed E-state index contributed by atoms with van der Waals surface area (Å²) in [6, 6.07) is 2.01. The summed E-state index contributed by atoms with van der Waals surface area (Å²) in [5.41, 5.74) is 0.585. The molecule has 1 aromatic heterocycles. The molecule has 1 saturated carbocycles. The van der Waals surface area contributed by atoms with Crippen LogP contribution in [0.2, 0.25) is 0 Å². The summed E-state index contributed by atoms with van der Waals surface area (Å²) in [6.07, 6.45) is 2.12. The lowest BCUT2D eigenvalue weighted by Gasteiger charge is -2.03. The Morgan fingerprint density at radius 2 is 2.22 bits per heavy atom. The van der Waals surface area contributed by atoms with Crippen LogP contribution in [0.4, 0.5) is 0 Å². The van der Waals surface area contributed by atoms with Crippen molar-refractivity contribution < 1.29 is 19.1 Å². The van der Waals surface area contributed by atoms with E-state index in [4.69, 9.17) is 9.52 Å². The molecule has 6 heteroatoms. The highest BCUT2D eigenvalue weighted by Crippen LogP contribution is 2.18. The number of hydrogen-bond donors (Lipinski definition) is 3. The lowest BCUT2D eigenvalue weighted by molar-refractivity contribution is -0.120. The molecule has 3 N–H and O–H groups in total. The number of aryl methyl sites for hydroxylation is 1. The van der Waals surface area contributed by atoms with Crippen LogP contribution in [0.5, 0.6) is 0 Å². The summed E-state index contributed by atoms with van der Waals surface area (Å²) in [5, 5.41) is 14.6. The number of carboxylic acids is 1. The number of hydrogen-bond acceptors (Lipinski definition) is 4. The van der Waals surface area contributed by atoms with Crippen LogP contribution in [0.1, 0.15) is 34.7 Å². The Labute approximate surface area is 104 Å². The lowest BCUT2D eigenvalue weighted by atomic mass is 10.2. The Kier molecular flexibility index (Phi) is 3.66. The van der Waals surface area contributed by atoms with Crippen LogP contribution in [0.15, 0.2) is 10.5 Å². The van der Waals surface area contributed by atoms with Gasteiger partial charge in [-0.15, -0.1) is 0 Å². The fourth-order valence-electron chi connectivity index (χ4n) is 1.65. The largest absolute Gasteiger partial charge is 0.475 e. The van der Waals surface area contributed by atoms with Crippen LogP contribution >= 0.6 is 0 Å². The molecule has 1 aromatic rings. The van der Waals surface area contributed by atoms with E-state index in [9.17, 15) is 9.59 Å². The normalized spacial score (nSPS) is 14.5. The first kappa shape index (κ1) is 12.6. The van der Waals surface area contributed by atoms with Crippen molar-refractivity contribution in [2.75, 3.05) is 6.54 Å². The molecule has 1 fully saturated rings. The van der Waals surface area contributed by atoms with Gasteiger partial charge in [0.05, 0.1) is 13.1 Å². The number of carbonyl (C=O) groups is 2. The maximum atomic E-state index is 11.4. The third kappa shape index (κ3) is 3.33. The monoisotopic (exact) mass is 252 g/mol. The number of nitrogens with one attached hydrogen (secondary N) is 2. The summed E-state index contributed by atoms with van der Waals surface area (Å²) in [7, 11) is 0. The average Bonchev–Trinajstić information content (AvgIpc) is 3.00. The minimum atomic E-state index is -1.08. The molecule has 2 rings (SSSR count). The van der Waals surface area contributed by atoms with E-state index in [-0.39, 0.29) is 18.2 Å². The third-order valence-corrected chi connectivity index (χ3v) is 2.69. The lowest BCUT2D eigenvalue weighted by Crippen LogP contribution is -2.34. The van der Waals surface area contributed by atoms with Crippen LogP contribution in [0.25, 0.3) is 0 Å². The molecule has 6 nitrogen and oxygen atoms in total. The standard InChI is InChI=1S/C12H16N2O4/c1-7-4-9(18-11(7)12(16)17)5-13-6-10(15)14-8-2-3-8/h4,8,13H,2-3,5-6H2,1H3,(H,14,15)(H,16,17). The minimum absolute atomic E-state index is 0.0424. The number of amides is 1. The van der Waals surface area contributed by atoms with Gasteiger partial charge in [0, 0.05) is 11.6 Å². The van der Waals surface area contributed by atoms with E-state index >= 15 is 0 Å². The SMILES string of the molecule is Cc1cc(CNCC(=O)NC2CC2)oc1C(=O)O. The van der Waals surface area contributed by atoms with Crippen molar-refractivity contribution in [3.05, 3.63) is 23.2 Å². The van der Waals surface area contributed by atoms with E-state index in [1.54, 1.807) is 13.0 Å². The summed E-state index contributed by atoms with van der Waals surface area (Å²) in [5.74, 6) is -0.650. The van der Waals surface area contributed by atoms with Gasteiger partial charge in [-0.25, -0.2) is 4.79 Å². The second-order valence-corrected chi connectivity index (χ2v) is 4.48. The summed E-state index contributed by atoms with van der Waals surface area (Å²) >= 11 is 0. The first-order valence-electron chi connectivity index (χ1n) is 5.89. The maximum Gasteiger partial charge on any atom is 0.372 e. The molecule has 0 atom stereocenters. The Hall–Kier alpha value is -1.82. The molecule has 0 spiro atoms. The third-order valence-electron chi connectivity index (χ3n) is 2.69. The highest BCUT2D eigenvalue weighted by Gasteiger charge is 2.22. The fourth-order valence-corrected chi connectivity index (χ4v) is 1.65. The summed E-state index contributed by atoms with van der Waals surface area (Å²) in [4.78, 5) is 22.1. The van der Waals surface area contributed by atoms with Gasteiger partial charge in [-0.2, -0.15) is 0 Å². The predicted molar refractivity (Wildman–Crippen MR) is 63.3 cm³/mol. The molecule has 1 aliphatic carbocycles. The van der Waals surface area contributed by atoms with Gasteiger partial charge in [-0.1, -0.05) is 0 Å². The number of carbonyl (C=O) groups excluding carboxylic acids is 1. The van der Waals surface area contributed by atoms with Crippen molar-refractivity contribution in [3.63, 3.8) is 0 Å². The molecule has 0 bridgehead atoms. The number of carboxylic acid groups (broad SMARTS) is 1. The smallest absolute Gasteiger partial charge is 0.372 e. The van der Waals surface area contributed by atoms with E-state index < -0.39 is 5.97 Å². The average molecular weight is 252 g/mol. The first-order valence-corrected chi connectivity index (χ1v) is 5.89. The number of rotatable bonds is 6. The summed E-state index contributed by atoms with van der Waals surface area (Å²) < 4.78 is 5.16. The van der Waals surface area contributed by atoms with Crippen molar-refractivity contribution in [1.82, 2.24) is 10.6 Å². The zero-order chi connectivity index (χ0) is 13.1. The van der Waals surface area contributed by atoms with Crippen molar-refractivity contribution in [2.24, 2.45) is 0 Å². The van der Waals surface area contributed by atoms with Crippen LogP contribution in [-0.2, 0) is 11.3 Å². The van der Waals surface area contributed by atoms with Gasteiger partial charge in [0.15, 0.2) is 0 Å². The Morgan fingerprint density at radius 1 is 1.50 bits per heavy atom. The van der Waals surface area contributed by atoms with Crippen LogP contribution in [0.3, 0.4) is 0 Å². The highest BCUT2D eigenvalue weighted by molar-refractivity contribution is 5.86. The quantitative estimate of drug-likeness (QED) is 0.691. The van der Waals surface area contributed by atoms with E-state index in [1.807, 2.05) is 0 Å². The van der Waals surface area contributed by atoms with Crippen LogP contribution in [0, 0.1) is 6.92 Å². The molecule has 98 valence electrons. The van der Waals surface area contributed by atoms with Crippen LogP contribution in [-0.4, -0.2) is 29.6 Å². The summed E-state index contributed by atoms with van der Waals surface area (Å²) in [6.45, 7) is 2.22. The van der Waals surface area contributed by atoms with E-state index in [0.717, 1.165) is 12.8 Å². The van der Waals surface area contributed by atoms with E-state index in [1.165, 1.54) is 0 Å². The molecule has 0 aliphatic heterocycles. The van der Waals surface area contributed by atoms with Gasteiger partial charge in [-0.05, 0) is 25.8 Å². The van der Waals surface area contributed by atoms with Gasteiger partial charge in [0.2, 0.25) is 11.7 Å². The first-order chi connectivity index (χ1) is 8.56. The van der Waals surface area contributed by atoms with Gasteiger partial charge < -0.3 is 20.2 Å². The number of aromatic carboxylic acids is 1. The molecule has 0 radical (unpaired) electrons. The zero-order valence-electron chi connectivity index (χ0n) is 10.2. The van der Waals surface area contributed by atoms with E-state index in [2.05, 4.69) is 10.6 Å². The number of furan rings is 1. The Morgan fingerprint density at radius 3 is 2.78 bits per heavy atom. The van der Waals surface area contributed by atoms with Crippen LogP contribution < -0.4 is 10.6 Å². The molecule has 1 heterocycles. The topological polar surface area (TPSA) is 91.6 Å². The Bertz CT molecular complexity index is 463. The van der Waals surface area contributed by atoms with Crippen molar-refractivity contribution >= 4 is 11.9 Å². The van der Waals surface area contributed by atoms with Gasteiger partial charge in [0.1, 0.15) is 5.76 Å². The van der Waals surface area contributed by atoms with Crippen molar-refractivity contribution in [1.29, 1.82) is 0 Å². The van der Waals surface area contributed by atoms with Gasteiger partial charge in [-0.3, -0.25) is 4.79 Å². The molecule has 0 aromatic carbocycles. The van der Waals surface area contributed by atoms with Gasteiger partial charge >= 0.3 is 5.97 Å². The maximum absolute atomic E-state index is 11.4. The zero-order valence-corrected chi connectivity index (χ0v) is 10.2. The minimum Gasteiger partial charge on any atom is -0.475 e. The predicted octanol–water partition coefficient (Wildman–Crippen LogP) is 0.654. The van der Waals surface area contributed by atoms with Crippen molar-refractivity contribution in [3.8, 4) is 0 Å². The molecular formula is C12H16N2O4.